The maximum absolute atomic E-state index is 9.16. The minimum atomic E-state index is 0.448. The van der Waals surface area contributed by atoms with Gasteiger partial charge in [0.15, 0.2) is 0 Å². The molecule has 0 amide bonds. The number of hydrogen-bond donors (Lipinski definition) is 1. The molecule has 0 saturated carbocycles. The van der Waals surface area contributed by atoms with Crippen LogP contribution in [0, 0.1) is 11.3 Å². The molecular weight excluding hydrogens is 278 g/mol. The van der Waals surface area contributed by atoms with Crippen molar-refractivity contribution in [2.45, 2.75) is 25.9 Å². The summed E-state index contributed by atoms with van der Waals surface area (Å²) in [6.07, 6.45) is 0. The van der Waals surface area contributed by atoms with Crippen molar-refractivity contribution in [1.29, 1.82) is 5.26 Å². The van der Waals surface area contributed by atoms with E-state index in [1.165, 1.54) is 0 Å². The van der Waals surface area contributed by atoms with E-state index in [0.29, 0.717) is 12.1 Å². The molecule has 1 aliphatic rings. The van der Waals surface area contributed by atoms with Crippen LogP contribution in [0.2, 0.25) is 0 Å². The molecule has 0 aromatic heterocycles. The fourth-order valence-corrected chi connectivity index (χ4v) is 2.73. The average molecular weight is 294 g/mol. The van der Waals surface area contributed by atoms with Gasteiger partial charge in [0.2, 0.25) is 0 Å². The molecule has 0 aliphatic carbocycles. The summed E-state index contributed by atoms with van der Waals surface area (Å²) in [7, 11) is 0. The number of nitrogens with zero attached hydrogens (tertiary/aromatic N) is 2. The molecule has 0 spiro atoms. The average Bonchev–Trinajstić information content (AvgIpc) is 2.27. The Morgan fingerprint density at radius 2 is 2.00 bits per heavy atom. The largest absolute Gasteiger partial charge is 0.367 e. The van der Waals surface area contributed by atoms with Crippen LogP contribution in [0.5, 0.6) is 0 Å². The summed E-state index contributed by atoms with van der Waals surface area (Å²) in [4.78, 5) is 2.29. The lowest BCUT2D eigenvalue weighted by Crippen LogP contribution is -2.54. The van der Waals surface area contributed by atoms with Crippen molar-refractivity contribution < 1.29 is 0 Å². The second-order valence-electron chi connectivity index (χ2n) is 4.65. The molecule has 1 aromatic carbocycles. The number of benzene rings is 1. The van der Waals surface area contributed by atoms with E-state index in [2.05, 4.69) is 46.1 Å². The Kier molecular flexibility index (Phi) is 3.70. The predicted octanol–water partition coefficient (Wildman–Crippen LogP) is 2.51. The zero-order chi connectivity index (χ0) is 12.4. The Hall–Kier alpha value is -1.05. The predicted molar refractivity (Wildman–Crippen MR) is 73.1 cm³/mol. The third kappa shape index (κ3) is 2.80. The normalized spacial score (nSPS) is 24.5. The van der Waals surface area contributed by atoms with Gasteiger partial charge in [-0.1, -0.05) is 15.9 Å². The quantitative estimate of drug-likeness (QED) is 0.865. The molecule has 90 valence electrons. The standard InChI is InChI=1S/C13H16BrN3/c1-9-7-17(8-10(2)16-9)13-5-12(14)4-3-11(13)6-15/h3-5,9-10,16H,7-8H2,1-2H3. The van der Waals surface area contributed by atoms with Gasteiger partial charge < -0.3 is 10.2 Å². The second kappa shape index (κ2) is 5.07. The molecule has 1 N–H and O–H groups in total. The van der Waals surface area contributed by atoms with Crippen LogP contribution in [-0.2, 0) is 0 Å². The van der Waals surface area contributed by atoms with Crippen molar-refractivity contribution in [3.8, 4) is 6.07 Å². The van der Waals surface area contributed by atoms with Crippen LogP contribution in [0.15, 0.2) is 22.7 Å². The van der Waals surface area contributed by atoms with Gasteiger partial charge in [0.25, 0.3) is 0 Å². The van der Waals surface area contributed by atoms with E-state index >= 15 is 0 Å². The number of anilines is 1. The molecule has 1 heterocycles. The van der Waals surface area contributed by atoms with E-state index in [9.17, 15) is 0 Å². The summed E-state index contributed by atoms with van der Waals surface area (Å²) >= 11 is 3.47. The molecule has 2 atom stereocenters. The molecule has 0 radical (unpaired) electrons. The smallest absolute Gasteiger partial charge is 0.101 e. The lowest BCUT2D eigenvalue weighted by molar-refractivity contribution is 0.407. The van der Waals surface area contributed by atoms with Crippen molar-refractivity contribution in [3.63, 3.8) is 0 Å². The molecular formula is C13H16BrN3. The number of hydrogen-bond acceptors (Lipinski definition) is 3. The molecule has 1 fully saturated rings. The maximum atomic E-state index is 9.16. The Morgan fingerprint density at radius 1 is 1.35 bits per heavy atom. The summed E-state index contributed by atoms with van der Waals surface area (Å²) in [5.41, 5.74) is 1.77. The summed E-state index contributed by atoms with van der Waals surface area (Å²) in [6, 6.07) is 8.98. The Balaban J connectivity index is 2.33. The van der Waals surface area contributed by atoms with E-state index < -0.39 is 0 Å². The Bertz CT molecular complexity index is 442. The minimum absolute atomic E-state index is 0.448. The van der Waals surface area contributed by atoms with Gasteiger partial charge in [-0.3, -0.25) is 0 Å². The molecule has 0 bridgehead atoms. The third-order valence-corrected chi connectivity index (χ3v) is 3.47. The number of nitrogens with one attached hydrogen (secondary N) is 1. The first-order valence-corrected chi connectivity index (χ1v) is 6.60. The lowest BCUT2D eigenvalue weighted by Gasteiger charge is -2.38. The second-order valence-corrected chi connectivity index (χ2v) is 5.56. The lowest BCUT2D eigenvalue weighted by atomic mass is 10.1. The third-order valence-electron chi connectivity index (χ3n) is 2.98. The van der Waals surface area contributed by atoms with Crippen molar-refractivity contribution in [1.82, 2.24) is 5.32 Å². The fraction of sp³-hybridized carbons (Fsp3) is 0.462. The molecule has 2 unspecified atom stereocenters. The zero-order valence-corrected chi connectivity index (χ0v) is 11.7. The molecule has 3 nitrogen and oxygen atoms in total. The summed E-state index contributed by atoms with van der Waals surface area (Å²) in [6.45, 7) is 6.23. The molecule has 1 saturated heterocycles. The van der Waals surface area contributed by atoms with Gasteiger partial charge in [-0.15, -0.1) is 0 Å². The highest BCUT2D eigenvalue weighted by molar-refractivity contribution is 9.10. The summed E-state index contributed by atoms with van der Waals surface area (Å²) < 4.78 is 1.02. The Labute approximate surface area is 111 Å². The van der Waals surface area contributed by atoms with Gasteiger partial charge in [0, 0.05) is 29.6 Å². The van der Waals surface area contributed by atoms with E-state index in [0.717, 1.165) is 28.8 Å². The topological polar surface area (TPSA) is 39.1 Å². The summed E-state index contributed by atoms with van der Waals surface area (Å²) in [5, 5.41) is 12.7. The van der Waals surface area contributed by atoms with Crippen LogP contribution < -0.4 is 10.2 Å². The van der Waals surface area contributed by atoms with Gasteiger partial charge in [0.1, 0.15) is 6.07 Å². The number of rotatable bonds is 1. The van der Waals surface area contributed by atoms with E-state index in [-0.39, 0.29) is 0 Å². The van der Waals surface area contributed by atoms with Crippen LogP contribution in [-0.4, -0.2) is 25.2 Å². The van der Waals surface area contributed by atoms with Crippen LogP contribution >= 0.6 is 15.9 Å². The van der Waals surface area contributed by atoms with Gasteiger partial charge in [-0.05, 0) is 32.0 Å². The molecule has 4 heteroatoms. The van der Waals surface area contributed by atoms with Crippen LogP contribution in [0.1, 0.15) is 19.4 Å². The van der Waals surface area contributed by atoms with Gasteiger partial charge >= 0.3 is 0 Å². The SMILES string of the molecule is CC1CN(c2cc(Br)ccc2C#N)CC(C)N1. The van der Waals surface area contributed by atoms with E-state index in [1.807, 2.05) is 18.2 Å². The van der Waals surface area contributed by atoms with Gasteiger partial charge in [-0.2, -0.15) is 5.26 Å². The number of nitriles is 1. The van der Waals surface area contributed by atoms with Crippen molar-refractivity contribution in [3.05, 3.63) is 28.2 Å². The van der Waals surface area contributed by atoms with E-state index in [4.69, 9.17) is 5.26 Å². The highest BCUT2D eigenvalue weighted by Gasteiger charge is 2.22. The number of piperazine rings is 1. The number of halogens is 1. The fourth-order valence-electron chi connectivity index (χ4n) is 2.38. The molecule has 1 aromatic rings. The van der Waals surface area contributed by atoms with Crippen molar-refractivity contribution in [2.75, 3.05) is 18.0 Å². The van der Waals surface area contributed by atoms with E-state index in [1.54, 1.807) is 0 Å². The maximum Gasteiger partial charge on any atom is 0.101 e. The first-order valence-electron chi connectivity index (χ1n) is 5.81. The monoisotopic (exact) mass is 293 g/mol. The Morgan fingerprint density at radius 3 is 2.59 bits per heavy atom. The van der Waals surface area contributed by atoms with Crippen LogP contribution in [0.4, 0.5) is 5.69 Å². The highest BCUT2D eigenvalue weighted by Crippen LogP contribution is 2.26. The van der Waals surface area contributed by atoms with Crippen molar-refractivity contribution in [2.24, 2.45) is 0 Å². The minimum Gasteiger partial charge on any atom is -0.367 e. The molecule has 17 heavy (non-hydrogen) atoms. The zero-order valence-electron chi connectivity index (χ0n) is 10.1. The highest BCUT2D eigenvalue weighted by atomic mass is 79.9. The van der Waals surface area contributed by atoms with Crippen LogP contribution in [0.3, 0.4) is 0 Å². The first kappa shape index (κ1) is 12.4. The van der Waals surface area contributed by atoms with Gasteiger partial charge in [-0.25, -0.2) is 0 Å². The molecule has 1 aliphatic heterocycles. The summed E-state index contributed by atoms with van der Waals surface area (Å²) in [5.74, 6) is 0. The molecule has 2 rings (SSSR count). The van der Waals surface area contributed by atoms with Gasteiger partial charge in [0.05, 0.1) is 11.3 Å². The first-order chi connectivity index (χ1) is 8.10. The van der Waals surface area contributed by atoms with Crippen LogP contribution in [0.25, 0.3) is 0 Å². The van der Waals surface area contributed by atoms with Crippen molar-refractivity contribution >= 4 is 21.6 Å².